The maximum Gasteiger partial charge on any atom is 0.326 e. The Bertz CT molecular complexity index is 839. The molecule has 0 aromatic heterocycles. The largest absolute Gasteiger partial charge is 0.481 e. The van der Waals surface area contributed by atoms with Crippen LogP contribution in [0.3, 0.4) is 0 Å². The van der Waals surface area contributed by atoms with Crippen molar-refractivity contribution in [2.75, 3.05) is 16.8 Å². The molecule has 0 atom stereocenters. The lowest BCUT2D eigenvalue weighted by atomic mass is 9.79. The van der Waals surface area contributed by atoms with E-state index in [0.29, 0.717) is 12.5 Å². The van der Waals surface area contributed by atoms with Crippen molar-refractivity contribution in [3.63, 3.8) is 0 Å². The summed E-state index contributed by atoms with van der Waals surface area (Å²) in [5.41, 5.74) is 4.21. The molecule has 140 valence electrons. The molecule has 1 aliphatic carbocycles. The summed E-state index contributed by atoms with van der Waals surface area (Å²) in [4.78, 5) is 25.5. The molecular formula is C22H24N2O3. The number of urea groups is 1. The molecule has 0 bridgehead atoms. The van der Waals surface area contributed by atoms with Crippen LogP contribution in [0.15, 0.2) is 48.5 Å². The topological polar surface area (TPSA) is 69.6 Å². The normalized spacial score (nSPS) is 21.6. The fourth-order valence-electron chi connectivity index (χ4n) is 4.25. The van der Waals surface area contributed by atoms with Gasteiger partial charge in [0.15, 0.2) is 0 Å². The Hall–Kier alpha value is -2.82. The van der Waals surface area contributed by atoms with Gasteiger partial charge in [0, 0.05) is 17.9 Å². The van der Waals surface area contributed by atoms with Crippen molar-refractivity contribution < 1.29 is 14.7 Å². The molecule has 5 nitrogen and oxygen atoms in total. The lowest BCUT2D eigenvalue weighted by molar-refractivity contribution is -0.142. The molecule has 2 N–H and O–H groups in total. The average Bonchev–Trinajstić information content (AvgIpc) is 3.13. The smallest absolute Gasteiger partial charge is 0.326 e. The minimum absolute atomic E-state index is 0.102. The molecule has 0 saturated heterocycles. The van der Waals surface area contributed by atoms with E-state index in [0.717, 1.165) is 43.5 Å². The molecule has 27 heavy (non-hydrogen) atoms. The van der Waals surface area contributed by atoms with E-state index in [9.17, 15) is 9.59 Å². The lowest BCUT2D eigenvalue weighted by Crippen LogP contribution is -2.33. The van der Waals surface area contributed by atoms with Crippen LogP contribution in [-0.2, 0) is 11.2 Å². The number of carboxylic acids is 1. The SMILES string of the molecule is O=C(Nc1ccc([C@H]2CC[C@H](C(=O)O)CC2)cc1)N1CCc2ccccc21. The zero-order chi connectivity index (χ0) is 18.8. The number of benzene rings is 2. The second-order valence-electron chi connectivity index (χ2n) is 7.47. The number of nitrogens with one attached hydrogen (secondary N) is 1. The molecule has 0 spiro atoms. The number of fused-ring (bicyclic) bond motifs is 1. The number of nitrogens with zero attached hydrogens (tertiary/aromatic N) is 1. The summed E-state index contributed by atoms with van der Waals surface area (Å²) in [7, 11) is 0. The Balaban J connectivity index is 1.37. The van der Waals surface area contributed by atoms with Crippen molar-refractivity contribution in [3.05, 3.63) is 59.7 Å². The van der Waals surface area contributed by atoms with Gasteiger partial charge in [-0.15, -0.1) is 0 Å². The van der Waals surface area contributed by atoms with Gasteiger partial charge in [0.25, 0.3) is 0 Å². The van der Waals surface area contributed by atoms with E-state index in [1.807, 2.05) is 30.3 Å². The van der Waals surface area contributed by atoms with Crippen LogP contribution in [0.2, 0.25) is 0 Å². The van der Waals surface area contributed by atoms with Crippen LogP contribution in [0.4, 0.5) is 16.2 Å². The van der Waals surface area contributed by atoms with Crippen molar-refractivity contribution in [2.45, 2.75) is 38.0 Å². The quantitative estimate of drug-likeness (QED) is 0.833. The van der Waals surface area contributed by atoms with Crippen LogP contribution in [0, 0.1) is 5.92 Å². The fraction of sp³-hybridized carbons (Fsp3) is 0.364. The van der Waals surface area contributed by atoms with Gasteiger partial charge in [-0.25, -0.2) is 4.79 Å². The van der Waals surface area contributed by atoms with Crippen molar-refractivity contribution in [1.29, 1.82) is 0 Å². The maximum absolute atomic E-state index is 12.6. The molecule has 2 aromatic rings. The zero-order valence-electron chi connectivity index (χ0n) is 15.2. The predicted molar refractivity (Wildman–Crippen MR) is 105 cm³/mol. The molecule has 4 rings (SSSR count). The highest BCUT2D eigenvalue weighted by molar-refractivity contribution is 6.03. The Morgan fingerprint density at radius 1 is 0.963 bits per heavy atom. The van der Waals surface area contributed by atoms with Crippen LogP contribution in [0.1, 0.15) is 42.7 Å². The Kier molecular flexibility index (Phi) is 4.84. The number of carbonyl (C=O) groups excluding carboxylic acids is 1. The maximum atomic E-state index is 12.6. The second-order valence-corrected chi connectivity index (χ2v) is 7.47. The summed E-state index contributed by atoms with van der Waals surface area (Å²) >= 11 is 0. The van der Waals surface area contributed by atoms with E-state index in [1.165, 1.54) is 11.1 Å². The molecule has 0 unspecified atom stereocenters. The summed E-state index contributed by atoms with van der Waals surface area (Å²) in [5, 5.41) is 12.1. The van der Waals surface area contributed by atoms with E-state index in [2.05, 4.69) is 23.5 Å². The van der Waals surface area contributed by atoms with Gasteiger partial charge in [0.1, 0.15) is 0 Å². The van der Waals surface area contributed by atoms with Gasteiger partial charge >= 0.3 is 12.0 Å². The molecule has 0 radical (unpaired) electrons. The number of aliphatic carboxylic acids is 1. The highest BCUT2D eigenvalue weighted by Crippen LogP contribution is 2.36. The Labute approximate surface area is 159 Å². The molecule has 2 aromatic carbocycles. The monoisotopic (exact) mass is 364 g/mol. The third kappa shape index (κ3) is 3.68. The molecule has 1 fully saturated rings. The third-order valence-electron chi connectivity index (χ3n) is 5.84. The first kappa shape index (κ1) is 17.6. The molecular weight excluding hydrogens is 340 g/mol. The van der Waals surface area contributed by atoms with Gasteiger partial charge < -0.3 is 10.4 Å². The van der Waals surface area contributed by atoms with Crippen LogP contribution in [0.25, 0.3) is 0 Å². The van der Waals surface area contributed by atoms with Crippen LogP contribution in [-0.4, -0.2) is 23.7 Å². The molecule has 1 saturated carbocycles. The summed E-state index contributed by atoms with van der Waals surface area (Å²) in [6, 6.07) is 15.9. The number of para-hydroxylation sites is 1. The highest BCUT2D eigenvalue weighted by atomic mass is 16.4. The van der Waals surface area contributed by atoms with E-state index in [4.69, 9.17) is 5.11 Å². The van der Waals surface area contributed by atoms with Gasteiger partial charge in [-0.1, -0.05) is 30.3 Å². The minimum atomic E-state index is -0.671. The fourth-order valence-corrected chi connectivity index (χ4v) is 4.25. The number of hydrogen-bond donors (Lipinski definition) is 2. The molecule has 1 heterocycles. The lowest BCUT2D eigenvalue weighted by Gasteiger charge is -2.26. The van der Waals surface area contributed by atoms with Crippen molar-refractivity contribution in [2.24, 2.45) is 5.92 Å². The summed E-state index contributed by atoms with van der Waals surface area (Å²) in [6.07, 6.45) is 4.20. The summed E-state index contributed by atoms with van der Waals surface area (Å²) in [6.45, 7) is 0.704. The molecule has 2 aliphatic rings. The van der Waals surface area contributed by atoms with E-state index < -0.39 is 5.97 Å². The number of hydrogen-bond acceptors (Lipinski definition) is 2. The first-order valence-corrected chi connectivity index (χ1v) is 9.61. The number of anilines is 2. The summed E-state index contributed by atoms with van der Waals surface area (Å²) in [5.74, 6) is -0.450. The predicted octanol–water partition coefficient (Wildman–Crippen LogP) is 4.64. The second kappa shape index (κ2) is 7.43. The van der Waals surface area contributed by atoms with Crippen LogP contribution < -0.4 is 10.2 Å². The van der Waals surface area contributed by atoms with Gasteiger partial charge in [0.05, 0.1) is 5.92 Å². The van der Waals surface area contributed by atoms with Crippen LogP contribution >= 0.6 is 0 Å². The zero-order valence-corrected chi connectivity index (χ0v) is 15.2. The first-order valence-electron chi connectivity index (χ1n) is 9.61. The van der Waals surface area contributed by atoms with Gasteiger partial charge in [-0.05, 0) is 67.3 Å². The van der Waals surface area contributed by atoms with E-state index >= 15 is 0 Å². The van der Waals surface area contributed by atoms with Crippen molar-refractivity contribution in [3.8, 4) is 0 Å². The highest BCUT2D eigenvalue weighted by Gasteiger charge is 2.27. The van der Waals surface area contributed by atoms with Gasteiger partial charge in [-0.3, -0.25) is 9.69 Å². The molecule has 5 heteroatoms. The number of amides is 2. The third-order valence-corrected chi connectivity index (χ3v) is 5.84. The number of rotatable bonds is 3. The number of carboxylic acid groups (broad SMARTS) is 1. The average molecular weight is 364 g/mol. The van der Waals surface area contributed by atoms with E-state index in [1.54, 1.807) is 4.90 Å². The Morgan fingerprint density at radius 3 is 2.37 bits per heavy atom. The molecule has 1 aliphatic heterocycles. The van der Waals surface area contributed by atoms with Gasteiger partial charge in [0.2, 0.25) is 0 Å². The van der Waals surface area contributed by atoms with Crippen LogP contribution in [0.5, 0.6) is 0 Å². The minimum Gasteiger partial charge on any atom is -0.481 e. The molecule has 2 amide bonds. The van der Waals surface area contributed by atoms with Crippen molar-refractivity contribution >= 4 is 23.4 Å². The van der Waals surface area contributed by atoms with E-state index in [-0.39, 0.29) is 11.9 Å². The summed E-state index contributed by atoms with van der Waals surface area (Å²) < 4.78 is 0. The standard InChI is InChI=1S/C22H24N2O3/c25-21(26)18-7-5-15(6-8-18)16-9-11-19(12-10-16)23-22(27)24-14-13-17-3-1-2-4-20(17)24/h1-4,9-12,15,18H,5-8,13-14H2,(H,23,27)(H,25,26)/t15-,18-. The van der Waals surface area contributed by atoms with Crippen molar-refractivity contribution in [1.82, 2.24) is 0 Å². The Morgan fingerprint density at radius 2 is 1.67 bits per heavy atom. The first-order chi connectivity index (χ1) is 13.1. The number of carbonyl (C=O) groups is 2. The van der Waals surface area contributed by atoms with Gasteiger partial charge in [-0.2, -0.15) is 0 Å².